The number of nitrogens with zero attached hydrogens (tertiary/aromatic N) is 5. The number of ether oxygens (including phenoxy) is 3. The van der Waals surface area contributed by atoms with Crippen molar-refractivity contribution in [3.8, 4) is 5.75 Å². The third kappa shape index (κ3) is 10.4. The lowest BCUT2D eigenvalue weighted by Gasteiger charge is -2.34. The smallest absolute Gasteiger partial charge is 0.263 e. The van der Waals surface area contributed by atoms with E-state index >= 15 is 0 Å². The summed E-state index contributed by atoms with van der Waals surface area (Å²) in [5, 5.41) is 8.71. The molecule has 1 atom stereocenters. The van der Waals surface area contributed by atoms with Crippen LogP contribution in [0.3, 0.4) is 0 Å². The van der Waals surface area contributed by atoms with Crippen molar-refractivity contribution < 1.29 is 47.4 Å². The van der Waals surface area contributed by atoms with Gasteiger partial charge < -0.3 is 29.7 Å². The second-order valence-electron chi connectivity index (χ2n) is 14.3. The highest BCUT2D eigenvalue weighted by molar-refractivity contribution is 7.99. The molecule has 3 N–H and O–H groups in total. The van der Waals surface area contributed by atoms with Crippen LogP contribution >= 0.6 is 23.4 Å². The van der Waals surface area contributed by atoms with Crippen LogP contribution < -0.4 is 20.7 Å². The summed E-state index contributed by atoms with van der Waals surface area (Å²) < 4.78 is 30.4. The summed E-state index contributed by atoms with van der Waals surface area (Å²) in [6.45, 7) is 3.45. The highest BCUT2D eigenvalue weighted by Crippen LogP contribution is 2.35. The maximum Gasteiger partial charge on any atom is 0.263 e. The largest absolute Gasteiger partial charge is 0.494 e. The summed E-state index contributed by atoms with van der Waals surface area (Å²) in [4.78, 5) is 90.0. The monoisotopic (exact) mass is 888 g/mol. The fourth-order valence-corrected chi connectivity index (χ4v) is 8.23. The maximum absolute atomic E-state index is 13.7. The number of methoxy groups -OCH3 is 1. The number of carbonyl (C=O) groups excluding carboxylic acids is 6. The summed E-state index contributed by atoms with van der Waals surface area (Å²) in [6, 6.07) is 11.5. The average molecular weight is 889 g/mol. The normalized spacial score (nSPS) is 16.9. The summed E-state index contributed by atoms with van der Waals surface area (Å²) in [5.41, 5.74) is 1.94. The van der Waals surface area contributed by atoms with Crippen LogP contribution in [0.15, 0.2) is 71.9 Å². The number of nitrogens with one attached hydrogen (secondary N) is 3. The number of fused-ring (bicyclic) bond motifs is 2. The Balaban J connectivity index is 0.785. The van der Waals surface area contributed by atoms with Crippen LogP contribution in [0, 0.1) is 5.82 Å². The molecule has 6 amide bonds. The van der Waals surface area contributed by atoms with E-state index in [4.69, 9.17) is 25.8 Å². The number of hydrogen-bond donors (Lipinski definition) is 3. The molecule has 324 valence electrons. The van der Waals surface area contributed by atoms with Crippen molar-refractivity contribution >= 4 is 86.9 Å². The molecule has 0 bridgehead atoms. The predicted octanol–water partition coefficient (Wildman–Crippen LogP) is 4.04. The second kappa shape index (κ2) is 20.3. The molecule has 1 aromatic heterocycles. The first-order chi connectivity index (χ1) is 30.0. The van der Waals surface area contributed by atoms with Gasteiger partial charge in [-0.1, -0.05) is 23.7 Å². The molecule has 2 saturated heterocycles. The van der Waals surface area contributed by atoms with E-state index in [0.717, 1.165) is 4.90 Å². The van der Waals surface area contributed by atoms with E-state index in [0.29, 0.717) is 83.8 Å². The lowest BCUT2D eigenvalue weighted by Crippen LogP contribution is -2.54. The molecular weight excluding hydrogens is 847 g/mol. The number of aromatic nitrogens is 2. The van der Waals surface area contributed by atoms with Gasteiger partial charge in [0.05, 0.1) is 54.3 Å². The molecule has 17 nitrogen and oxygen atoms in total. The lowest BCUT2D eigenvalue weighted by molar-refractivity contribution is -0.138. The van der Waals surface area contributed by atoms with Crippen LogP contribution in [-0.2, 0) is 28.7 Å². The van der Waals surface area contributed by atoms with Gasteiger partial charge in [0, 0.05) is 73.0 Å². The van der Waals surface area contributed by atoms with Crippen molar-refractivity contribution in [1.29, 1.82) is 0 Å². The Morgan fingerprint density at radius 1 is 1.00 bits per heavy atom. The minimum absolute atomic E-state index is 0.0414. The molecule has 0 aliphatic carbocycles. The van der Waals surface area contributed by atoms with Crippen LogP contribution in [0.25, 0.3) is 10.9 Å². The van der Waals surface area contributed by atoms with Crippen LogP contribution in [0.1, 0.15) is 33.6 Å². The number of imide groups is 2. The van der Waals surface area contributed by atoms with Crippen LogP contribution in [-0.4, -0.2) is 138 Å². The molecule has 2 fully saturated rings. The Labute approximate surface area is 364 Å². The number of amides is 6. The Morgan fingerprint density at radius 3 is 2.58 bits per heavy atom. The van der Waals surface area contributed by atoms with Gasteiger partial charge in [-0.15, -0.1) is 11.8 Å². The number of piperidine rings is 1. The number of halogens is 2. The number of carbonyl (C=O) groups is 6. The molecule has 4 aromatic rings. The number of thioether (sulfide) groups is 1. The van der Waals surface area contributed by atoms with Crippen molar-refractivity contribution in [2.75, 3.05) is 82.6 Å². The number of benzene rings is 3. The van der Waals surface area contributed by atoms with E-state index in [-0.39, 0.29) is 60.6 Å². The van der Waals surface area contributed by atoms with E-state index in [1.54, 1.807) is 41.3 Å². The van der Waals surface area contributed by atoms with Crippen molar-refractivity contribution in [3.63, 3.8) is 0 Å². The molecule has 20 heteroatoms. The fourth-order valence-electron chi connectivity index (χ4n) is 7.11. The highest BCUT2D eigenvalue weighted by atomic mass is 35.5. The van der Waals surface area contributed by atoms with Gasteiger partial charge in [-0.2, -0.15) is 0 Å². The minimum atomic E-state index is -1.03. The third-order valence-corrected chi connectivity index (χ3v) is 11.6. The zero-order chi connectivity index (χ0) is 43.8. The third-order valence-electron chi connectivity index (χ3n) is 10.3. The zero-order valence-electron chi connectivity index (χ0n) is 33.5. The average Bonchev–Trinajstić information content (AvgIpc) is 3.52. The molecule has 3 aliphatic rings. The molecule has 4 heterocycles. The Bertz CT molecular complexity index is 2430. The first-order valence-electron chi connectivity index (χ1n) is 19.7. The highest BCUT2D eigenvalue weighted by Gasteiger charge is 2.45. The van der Waals surface area contributed by atoms with Gasteiger partial charge in [0.15, 0.2) is 0 Å². The van der Waals surface area contributed by atoms with Gasteiger partial charge in [-0.3, -0.25) is 43.9 Å². The Kier molecular flexibility index (Phi) is 14.4. The van der Waals surface area contributed by atoms with Gasteiger partial charge >= 0.3 is 0 Å². The van der Waals surface area contributed by atoms with Gasteiger partial charge in [-0.05, 0) is 42.8 Å². The first kappa shape index (κ1) is 44.1. The first-order valence-corrected chi connectivity index (χ1v) is 21.0. The van der Waals surface area contributed by atoms with Crippen molar-refractivity contribution in [2.45, 2.75) is 23.8 Å². The molecule has 0 radical (unpaired) electrons. The Hall–Kier alpha value is -5.99. The van der Waals surface area contributed by atoms with Crippen LogP contribution in [0.4, 0.5) is 21.6 Å². The molecular formula is C42H42ClFN8O9S. The summed E-state index contributed by atoms with van der Waals surface area (Å²) in [7, 11) is 1.49. The van der Waals surface area contributed by atoms with E-state index in [1.807, 2.05) is 0 Å². The quantitative estimate of drug-likeness (QED) is 0.0594. The SMILES string of the molecule is COc1cc2ncnc(Nc3ccc(F)c(Cl)c3)c2cc1NC(=O)/C=C/CN1CCN(C(=O)COCCOCCSc2cccc3c2C(=O)N(C2CCC(=O)NC2=O)C3=O)CC1. The van der Waals surface area contributed by atoms with E-state index in [2.05, 4.69) is 30.8 Å². The lowest BCUT2D eigenvalue weighted by atomic mass is 10.0. The van der Waals surface area contributed by atoms with Crippen LogP contribution in [0.2, 0.25) is 5.02 Å². The molecule has 0 spiro atoms. The van der Waals surface area contributed by atoms with Gasteiger partial charge in [0.2, 0.25) is 23.6 Å². The molecule has 3 aliphatic heterocycles. The van der Waals surface area contributed by atoms with Gasteiger partial charge in [0.25, 0.3) is 11.8 Å². The number of anilines is 3. The van der Waals surface area contributed by atoms with Crippen molar-refractivity contribution in [3.05, 3.63) is 89.0 Å². The van der Waals surface area contributed by atoms with Crippen molar-refractivity contribution in [2.24, 2.45) is 0 Å². The van der Waals surface area contributed by atoms with E-state index in [1.165, 1.54) is 49.5 Å². The molecule has 3 aromatic carbocycles. The second-order valence-corrected chi connectivity index (χ2v) is 15.8. The van der Waals surface area contributed by atoms with Gasteiger partial charge in [-0.25, -0.2) is 14.4 Å². The van der Waals surface area contributed by atoms with Crippen LogP contribution in [0.5, 0.6) is 5.75 Å². The molecule has 0 saturated carbocycles. The number of piperazine rings is 1. The van der Waals surface area contributed by atoms with Gasteiger partial charge in [0.1, 0.15) is 36.4 Å². The molecule has 1 unspecified atom stereocenters. The van der Waals surface area contributed by atoms with E-state index < -0.39 is 35.5 Å². The number of hydrogen-bond acceptors (Lipinski definition) is 14. The minimum Gasteiger partial charge on any atom is -0.494 e. The number of rotatable bonds is 17. The predicted molar refractivity (Wildman–Crippen MR) is 227 cm³/mol. The summed E-state index contributed by atoms with van der Waals surface area (Å²) >= 11 is 7.29. The summed E-state index contributed by atoms with van der Waals surface area (Å²) in [5.74, 6) is -1.95. The van der Waals surface area contributed by atoms with Crippen molar-refractivity contribution in [1.82, 2.24) is 30.0 Å². The zero-order valence-corrected chi connectivity index (χ0v) is 35.1. The Morgan fingerprint density at radius 2 is 1.81 bits per heavy atom. The standard InChI is InChI=1S/C42H42ClFN8O9S/c1-59-33-22-30-27(39(46-24-45-30)47-25-7-8-29(44)28(43)20-25)21-31(33)48-35(53)6-3-11-50-12-14-51(15-13-50)37(55)23-61-17-16-60-18-19-62-34-5-2-4-26-38(34)42(58)52(41(26)57)32-9-10-36(54)49-40(32)56/h2-8,20-22,24,32H,9-19,23H2,1H3,(H,48,53)(H,45,46,47)(H,49,54,56)/b6-3+. The maximum atomic E-state index is 13.7. The van der Waals surface area contributed by atoms with E-state index in [9.17, 15) is 33.2 Å². The molecule has 62 heavy (non-hydrogen) atoms. The topological polar surface area (TPSA) is 202 Å². The molecule has 7 rings (SSSR count). The fraction of sp³-hybridized carbons (Fsp3) is 0.333. The summed E-state index contributed by atoms with van der Waals surface area (Å²) in [6.07, 6.45) is 4.70.